The Kier molecular flexibility index (Phi) is 4.33. The molecule has 8 heteroatoms. The van der Waals surface area contributed by atoms with E-state index in [0.29, 0.717) is 10.8 Å². The van der Waals surface area contributed by atoms with E-state index in [-0.39, 0.29) is 4.90 Å². The number of hydrogen-bond acceptors (Lipinski definition) is 6. The maximum atomic E-state index is 12.1. The van der Waals surface area contributed by atoms with E-state index in [1.807, 2.05) is 11.6 Å². The SMILES string of the molecule is CSCc1csc(NS(=O)(=O)c2ccc(N)cc2)n1. The van der Waals surface area contributed by atoms with Gasteiger partial charge in [0.15, 0.2) is 5.13 Å². The van der Waals surface area contributed by atoms with Crippen LogP contribution in [0.3, 0.4) is 0 Å². The number of anilines is 2. The molecule has 2 aromatic rings. The Morgan fingerprint density at radius 3 is 2.68 bits per heavy atom. The maximum absolute atomic E-state index is 12.1. The average molecular weight is 315 g/mol. The number of sulfonamides is 1. The molecule has 102 valence electrons. The molecule has 0 aliphatic rings. The number of thiazole rings is 1. The van der Waals surface area contributed by atoms with Crippen LogP contribution in [-0.4, -0.2) is 19.7 Å². The molecule has 0 bridgehead atoms. The first-order chi connectivity index (χ1) is 9.01. The van der Waals surface area contributed by atoms with E-state index in [9.17, 15) is 8.42 Å². The highest BCUT2D eigenvalue weighted by Crippen LogP contribution is 2.22. The molecule has 1 heterocycles. The quantitative estimate of drug-likeness (QED) is 0.828. The summed E-state index contributed by atoms with van der Waals surface area (Å²) < 4.78 is 26.6. The Morgan fingerprint density at radius 2 is 2.05 bits per heavy atom. The Bertz CT molecular complexity index is 650. The van der Waals surface area contributed by atoms with Crippen LogP contribution in [0, 0.1) is 0 Å². The minimum atomic E-state index is -3.60. The Hall–Kier alpha value is -1.25. The molecule has 0 radical (unpaired) electrons. The van der Waals surface area contributed by atoms with E-state index < -0.39 is 10.0 Å². The lowest BCUT2D eigenvalue weighted by Crippen LogP contribution is -2.12. The monoisotopic (exact) mass is 315 g/mol. The van der Waals surface area contributed by atoms with Crippen LogP contribution >= 0.6 is 23.1 Å². The first kappa shape index (κ1) is 14.2. The van der Waals surface area contributed by atoms with Gasteiger partial charge in [-0.1, -0.05) is 0 Å². The van der Waals surface area contributed by atoms with E-state index in [1.54, 1.807) is 23.9 Å². The summed E-state index contributed by atoms with van der Waals surface area (Å²) in [5, 5.41) is 2.22. The number of rotatable bonds is 5. The van der Waals surface area contributed by atoms with Crippen LogP contribution in [0.25, 0.3) is 0 Å². The van der Waals surface area contributed by atoms with Crippen molar-refractivity contribution in [3.8, 4) is 0 Å². The zero-order valence-corrected chi connectivity index (χ0v) is 12.6. The molecule has 1 aromatic carbocycles. The second-order valence-electron chi connectivity index (χ2n) is 3.75. The van der Waals surface area contributed by atoms with Crippen molar-refractivity contribution in [3.05, 3.63) is 35.3 Å². The second kappa shape index (κ2) is 5.81. The number of nitrogens with two attached hydrogens (primary N) is 1. The van der Waals surface area contributed by atoms with E-state index >= 15 is 0 Å². The third-order valence-electron chi connectivity index (χ3n) is 2.26. The van der Waals surface area contributed by atoms with Crippen molar-refractivity contribution >= 4 is 43.9 Å². The fourth-order valence-electron chi connectivity index (χ4n) is 1.39. The normalized spacial score (nSPS) is 11.4. The number of hydrogen-bond donors (Lipinski definition) is 2. The molecular formula is C11H13N3O2S3. The molecule has 0 aliphatic heterocycles. The predicted molar refractivity (Wildman–Crippen MR) is 81.0 cm³/mol. The number of nitrogen functional groups attached to an aromatic ring is 1. The number of nitrogens with zero attached hydrogens (tertiary/aromatic N) is 1. The van der Waals surface area contributed by atoms with E-state index in [4.69, 9.17) is 5.73 Å². The van der Waals surface area contributed by atoms with Crippen LogP contribution in [0.5, 0.6) is 0 Å². The van der Waals surface area contributed by atoms with Crippen LogP contribution in [0.4, 0.5) is 10.8 Å². The van der Waals surface area contributed by atoms with Crippen LogP contribution in [0.15, 0.2) is 34.5 Å². The molecule has 5 nitrogen and oxygen atoms in total. The average Bonchev–Trinajstić information content (AvgIpc) is 2.77. The lowest BCUT2D eigenvalue weighted by Gasteiger charge is -2.05. The third kappa shape index (κ3) is 3.62. The number of benzene rings is 1. The molecule has 2 rings (SSSR count). The van der Waals surface area contributed by atoms with E-state index in [0.717, 1.165) is 11.4 Å². The smallest absolute Gasteiger partial charge is 0.263 e. The molecule has 0 amide bonds. The zero-order valence-electron chi connectivity index (χ0n) is 10.2. The van der Waals surface area contributed by atoms with Crippen LogP contribution in [0.1, 0.15) is 5.69 Å². The highest BCUT2D eigenvalue weighted by atomic mass is 32.2. The molecule has 0 aliphatic carbocycles. The van der Waals surface area contributed by atoms with Gasteiger partial charge in [0.25, 0.3) is 10.0 Å². The summed E-state index contributed by atoms with van der Waals surface area (Å²) in [4.78, 5) is 4.38. The first-order valence-electron chi connectivity index (χ1n) is 5.33. The van der Waals surface area contributed by atoms with Gasteiger partial charge in [0.1, 0.15) is 0 Å². The molecule has 0 fully saturated rings. The number of thioether (sulfide) groups is 1. The Balaban J connectivity index is 2.18. The number of nitrogens with one attached hydrogen (secondary N) is 1. The second-order valence-corrected chi connectivity index (χ2v) is 7.16. The van der Waals surface area contributed by atoms with Crippen LogP contribution in [-0.2, 0) is 15.8 Å². The summed E-state index contributed by atoms with van der Waals surface area (Å²) in [7, 11) is -3.60. The van der Waals surface area contributed by atoms with Crippen molar-refractivity contribution < 1.29 is 8.42 Å². The lowest BCUT2D eigenvalue weighted by molar-refractivity contribution is 0.601. The van der Waals surface area contributed by atoms with Crippen molar-refractivity contribution in [3.63, 3.8) is 0 Å². The summed E-state index contributed by atoms with van der Waals surface area (Å²) in [6, 6.07) is 6.04. The highest BCUT2D eigenvalue weighted by Gasteiger charge is 2.15. The van der Waals surface area contributed by atoms with Crippen molar-refractivity contribution in [1.29, 1.82) is 0 Å². The number of aromatic nitrogens is 1. The summed E-state index contributed by atoms with van der Waals surface area (Å²) in [5.74, 6) is 0.764. The van der Waals surface area contributed by atoms with Gasteiger partial charge in [-0.2, -0.15) is 11.8 Å². The van der Waals surface area contributed by atoms with Gasteiger partial charge in [-0.05, 0) is 30.5 Å². The summed E-state index contributed by atoms with van der Waals surface area (Å²) in [5.41, 5.74) is 6.92. The largest absolute Gasteiger partial charge is 0.399 e. The lowest BCUT2D eigenvalue weighted by atomic mass is 10.3. The summed E-state index contributed by atoms with van der Waals surface area (Å²) in [6.07, 6.45) is 1.97. The van der Waals surface area contributed by atoms with E-state index in [2.05, 4.69) is 9.71 Å². The Morgan fingerprint density at radius 1 is 1.37 bits per heavy atom. The van der Waals surface area contributed by atoms with Crippen LogP contribution < -0.4 is 10.5 Å². The van der Waals surface area contributed by atoms with Gasteiger partial charge in [-0.15, -0.1) is 11.3 Å². The van der Waals surface area contributed by atoms with Gasteiger partial charge >= 0.3 is 0 Å². The van der Waals surface area contributed by atoms with Gasteiger partial charge in [0, 0.05) is 16.8 Å². The van der Waals surface area contributed by atoms with Gasteiger partial charge in [-0.3, -0.25) is 4.72 Å². The molecule has 1 aromatic heterocycles. The maximum Gasteiger partial charge on any atom is 0.263 e. The Labute approximate surface area is 120 Å². The minimum absolute atomic E-state index is 0.170. The van der Waals surface area contributed by atoms with E-state index in [1.165, 1.54) is 23.5 Å². The highest BCUT2D eigenvalue weighted by molar-refractivity contribution is 7.97. The predicted octanol–water partition coefficient (Wildman–Crippen LogP) is 2.39. The molecule has 0 unspecified atom stereocenters. The van der Waals surface area contributed by atoms with Crippen molar-refractivity contribution in [2.24, 2.45) is 0 Å². The van der Waals surface area contributed by atoms with Crippen molar-refractivity contribution in [1.82, 2.24) is 4.98 Å². The fourth-order valence-corrected chi connectivity index (χ4v) is 3.90. The van der Waals surface area contributed by atoms with Crippen molar-refractivity contribution in [2.75, 3.05) is 16.7 Å². The minimum Gasteiger partial charge on any atom is -0.399 e. The topological polar surface area (TPSA) is 85.1 Å². The molecule has 0 atom stereocenters. The molecule has 0 saturated carbocycles. The molecule has 0 spiro atoms. The standard InChI is InChI=1S/C11H13N3O2S3/c1-17-6-9-7-18-11(13-9)14-19(15,16)10-4-2-8(12)3-5-10/h2-5,7H,6,12H2,1H3,(H,13,14). The van der Waals surface area contributed by atoms with Crippen molar-refractivity contribution in [2.45, 2.75) is 10.6 Å². The summed E-state index contributed by atoms with van der Waals surface area (Å²) >= 11 is 2.91. The van der Waals surface area contributed by atoms with Crippen LogP contribution in [0.2, 0.25) is 0 Å². The van der Waals surface area contributed by atoms with Gasteiger partial charge in [0.2, 0.25) is 0 Å². The summed E-state index contributed by atoms with van der Waals surface area (Å²) in [6.45, 7) is 0. The molecule has 19 heavy (non-hydrogen) atoms. The van der Waals surface area contributed by atoms with Gasteiger partial charge < -0.3 is 5.73 Å². The zero-order chi connectivity index (χ0) is 13.9. The van der Waals surface area contributed by atoms with Gasteiger partial charge in [-0.25, -0.2) is 13.4 Å². The first-order valence-corrected chi connectivity index (χ1v) is 9.08. The molecule has 0 saturated heterocycles. The fraction of sp³-hybridized carbons (Fsp3) is 0.182. The molecular weight excluding hydrogens is 302 g/mol. The molecule has 3 N–H and O–H groups in total. The third-order valence-corrected chi connectivity index (χ3v) is 5.13. The van der Waals surface area contributed by atoms with Gasteiger partial charge in [0.05, 0.1) is 10.6 Å².